The molecule has 2 fully saturated rings. The lowest BCUT2D eigenvalue weighted by Gasteiger charge is -2.40. The molecule has 0 amide bonds. The van der Waals surface area contributed by atoms with Crippen LogP contribution in [0.25, 0.3) is 0 Å². The van der Waals surface area contributed by atoms with Crippen LogP contribution in [-0.4, -0.2) is 60.3 Å². The van der Waals surface area contributed by atoms with Crippen molar-refractivity contribution in [3.8, 4) is 0 Å². The molecular formula is C20H27N5O. The molecule has 0 spiro atoms. The maximum absolute atomic E-state index is 5.47. The maximum atomic E-state index is 5.47. The van der Waals surface area contributed by atoms with E-state index in [0.29, 0.717) is 6.04 Å². The van der Waals surface area contributed by atoms with Crippen molar-refractivity contribution in [1.29, 1.82) is 0 Å². The van der Waals surface area contributed by atoms with E-state index in [9.17, 15) is 0 Å². The Morgan fingerprint density at radius 3 is 2.54 bits per heavy atom. The summed E-state index contributed by atoms with van der Waals surface area (Å²) in [6, 6.07) is 13.1. The van der Waals surface area contributed by atoms with Gasteiger partial charge < -0.3 is 15.0 Å². The highest BCUT2D eigenvalue weighted by Crippen LogP contribution is 2.23. The second-order valence-corrected chi connectivity index (χ2v) is 6.97. The van der Waals surface area contributed by atoms with E-state index in [1.165, 1.54) is 18.4 Å². The van der Waals surface area contributed by atoms with Crippen LogP contribution in [0.15, 0.2) is 42.7 Å². The first kappa shape index (κ1) is 17.2. The highest BCUT2D eigenvalue weighted by Gasteiger charge is 2.26. The second kappa shape index (κ2) is 8.47. The molecule has 26 heavy (non-hydrogen) atoms. The highest BCUT2D eigenvalue weighted by atomic mass is 16.5. The monoisotopic (exact) mass is 353 g/mol. The van der Waals surface area contributed by atoms with Gasteiger partial charge in [-0.1, -0.05) is 30.3 Å². The minimum Gasteiger partial charge on any atom is -0.379 e. The van der Waals surface area contributed by atoms with Crippen molar-refractivity contribution >= 4 is 11.6 Å². The van der Waals surface area contributed by atoms with Gasteiger partial charge in [0.2, 0.25) is 0 Å². The lowest BCUT2D eigenvalue weighted by Crippen LogP contribution is -2.49. The first-order valence-corrected chi connectivity index (χ1v) is 9.55. The third-order valence-corrected chi connectivity index (χ3v) is 5.32. The number of aromatic nitrogens is 2. The smallest absolute Gasteiger partial charge is 0.134 e. The SMILES string of the molecule is c1ccc(CNc2cc(N3CCC(N4CCOCC4)CC3)ncn2)cc1. The van der Waals surface area contributed by atoms with E-state index < -0.39 is 0 Å². The van der Waals surface area contributed by atoms with Gasteiger partial charge in [0.1, 0.15) is 18.0 Å². The van der Waals surface area contributed by atoms with Gasteiger partial charge in [-0.3, -0.25) is 4.90 Å². The number of anilines is 2. The minimum atomic E-state index is 0.688. The molecule has 4 rings (SSSR count). The van der Waals surface area contributed by atoms with Crippen molar-refractivity contribution in [1.82, 2.24) is 14.9 Å². The number of benzene rings is 1. The molecule has 6 heteroatoms. The lowest BCUT2D eigenvalue weighted by molar-refractivity contribution is 0.0115. The van der Waals surface area contributed by atoms with Crippen LogP contribution in [0.4, 0.5) is 11.6 Å². The Bertz CT molecular complexity index is 682. The third-order valence-electron chi connectivity index (χ3n) is 5.32. The standard InChI is InChI=1S/C20H27N5O/c1-2-4-17(5-3-1)15-21-19-14-20(23-16-22-19)25-8-6-18(7-9-25)24-10-12-26-13-11-24/h1-5,14,16,18H,6-13,15H2,(H,21,22,23). The summed E-state index contributed by atoms with van der Waals surface area (Å²) in [4.78, 5) is 13.8. The Kier molecular flexibility index (Phi) is 5.62. The summed E-state index contributed by atoms with van der Waals surface area (Å²) < 4.78 is 5.47. The Labute approximate surface area is 155 Å². The average Bonchev–Trinajstić information content (AvgIpc) is 2.74. The third kappa shape index (κ3) is 4.31. The summed E-state index contributed by atoms with van der Waals surface area (Å²) in [5, 5.41) is 3.40. The van der Waals surface area contributed by atoms with Gasteiger partial charge in [-0.25, -0.2) is 9.97 Å². The highest BCUT2D eigenvalue weighted by molar-refractivity contribution is 5.49. The maximum Gasteiger partial charge on any atom is 0.134 e. The van der Waals surface area contributed by atoms with Crippen molar-refractivity contribution in [3.05, 3.63) is 48.3 Å². The van der Waals surface area contributed by atoms with Crippen LogP contribution in [0, 0.1) is 0 Å². The number of ether oxygens (including phenoxy) is 1. The predicted octanol–water partition coefficient (Wildman–Crippen LogP) is 2.39. The molecule has 0 radical (unpaired) electrons. The van der Waals surface area contributed by atoms with E-state index >= 15 is 0 Å². The molecular weight excluding hydrogens is 326 g/mol. The van der Waals surface area contributed by atoms with E-state index in [1.807, 2.05) is 6.07 Å². The number of hydrogen-bond acceptors (Lipinski definition) is 6. The molecule has 0 saturated carbocycles. The van der Waals surface area contributed by atoms with E-state index in [4.69, 9.17) is 4.74 Å². The molecule has 0 unspecified atom stereocenters. The van der Waals surface area contributed by atoms with Gasteiger partial charge in [-0.2, -0.15) is 0 Å². The molecule has 2 saturated heterocycles. The molecule has 0 atom stereocenters. The van der Waals surface area contributed by atoms with Crippen molar-refractivity contribution < 1.29 is 4.74 Å². The van der Waals surface area contributed by atoms with Crippen molar-refractivity contribution in [2.45, 2.75) is 25.4 Å². The zero-order chi connectivity index (χ0) is 17.6. The van der Waals surface area contributed by atoms with E-state index in [-0.39, 0.29) is 0 Å². The second-order valence-electron chi connectivity index (χ2n) is 6.97. The molecule has 3 heterocycles. The van der Waals surface area contributed by atoms with Gasteiger partial charge in [0, 0.05) is 44.8 Å². The van der Waals surface area contributed by atoms with E-state index in [0.717, 1.165) is 57.6 Å². The Hall–Kier alpha value is -2.18. The average molecular weight is 353 g/mol. The fourth-order valence-electron chi connectivity index (χ4n) is 3.81. The number of nitrogens with zero attached hydrogens (tertiary/aromatic N) is 4. The van der Waals surface area contributed by atoms with Gasteiger partial charge in [0.15, 0.2) is 0 Å². The lowest BCUT2D eigenvalue weighted by atomic mass is 10.0. The van der Waals surface area contributed by atoms with E-state index in [2.05, 4.69) is 55.4 Å². The topological polar surface area (TPSA) is 53.5 Å². The van der Waals surface area contributed by atoms with Gasteiger partial charge in [-0.05, 0) is 18.4 Å². The molecule has 1 aromatic heterocycles. The molecule has 138 valence electrons. The Morgan fingerprint density at radius 2 is 1.77 bits per heavy atom. The van der Waals surface area contributed by atoms with Gasteiger partial charge in [0.05, 0.1) is 13.2 Å². The first-order chi connectivity index (χ1) is 12.9. The van der Waals surface area contributed by atoms with Gasteiger partial charge in [0.25, 0.3) is 0 Å². The zero-order valence-electron chi connectivity index (χ0n) is 15.2. The molecule has 1 N–H and O–H groups in total. The zero-order valence-corrected chi connectivity index (χ0v) is 15.2. The normalized spacial score (nSPS) is 19.5. The summed E-state index contributed by atoms with van der Waals surface area (Å²) in [6.45, 7) is 6.79. The Morgan fingerprint density at radius 1 is 1.00 bits per heavy atom. The fourth-order valence-corrected chi connectivity index (χ4v) is 3.81. The predicted molar refractivity (Wildman–Crippen MR) is 103 cm³/mol. The van der Waals surface area contributed by atoms with Crippen LogP contribution < -0.4 is 10.2 Å². The van der Waals surface area contributed by atoms with E-state index in [1.54, 1.807) is 6.33 Å². The van der Waals surface area contributed by atoms with Crippen LogP contribution in [0.5, 0.6) is 0 Å². The Balaban J connectivity index is 1.32. The number of morpholine rings is 1. The fraction of sp³-hybridized carbons (Fsp3) is 0.500. The summed E-state index contributed by atoms with van der Waals surface area (Å²) >= 11 is 0. The molecule has 6 nitrogen and oxygen atoms in total. The molecule has 0 aliphatic carbocycles. The van der Waals surface area contributed by atoms with Crippen molar-refractivity contribution in [2.75, 3.05) is 49.6 Å². The molecule has 2 aliphatic rings. The summed E-state index contributed by atoms with van der Waals surface area (Å²) in [5.74, 6) is 1.91. The number of hydrogen-bond donors (Lipinski definition) is 1. The molecule has 1 aromatic carbocycles. The summed E-state index contributed by atoms with van der Waals surface area (Å²) in [6.07, 6.45) is 4.05. The molecule has 2 aromatic rings. The number of rotatable bonds is 5. The molecule has 0 bridgehead atoms. The van der Waals surface area contributed by atoms with Gasteiger partial charge >= 0.3 is 0 Å². The van der Waals surface area contributed by atoms with Crippen LogP contribution in [0.3, 0.4) is 0 Å². The van der Waals surface area contributed by atoms with Crippen LogP contribution in [-0.2, 0) is 11.3 Å². The van der Waals surface area contributed by atoms with Crippen LogP contribution in [0.2, 0.25) is 0 Å². The number of piperidine rings is 1. The van der Waals surface area contributed by atoms with Crippen LogP contribution >= 0.6 is 0 Å². The van der Waals surface area contributed by atoms with Gasteiger partial charge in [-0.15, -0.1) is 0 Å². The largest absolute Gasteiger partial charge is 0.379 e. The van der Waals surface area contributed by atoms with Crippen molar-refractivity contribution in [3.63, 3.8) is 0 Å². The first-order valence-electron chi connectivity index (χ1n) is 9.55. The molecule has 2 aliphatic heterocycles. The minimum absolute atomic E-state index is 0.688. The number of nitrogens with one attached hydrogen (secondary N) is 1. The summed E-state index contributed by atoms with van der Waals surface area (Å²) in [7, 11) is 0. The van der Waals surface area contributed by atoms with Crippen LogP contribution in [0.1, 0.15) is 18.4 Å². The summed E-state index contributed by atoms with van der Waals surface area (Å²) in [5.41, 5.74) is 1.25. The quantitative estimate of drug-likeness (QED) is 0.891. The van der Waals surface area contributed by atoms with Crippen molar-refractivity contribution in [2.24, 2.45) is 0 Å².